The summed E-state index contributed by atoms with van der Waals surface area (Å²) in [6, 6.07) is 6.45. The molecule has 0 bridgehead atoms. The van der Waals surface area contributed by atoms with E-state index in [0.717, 1.165) is 24.6 Å². The number of amides is 2. The Morgan fingerprint density at radius 1 is 1.15 bits per heavy atom. The van der Waals surface area contributed by atoms with Crippen molar-refractivity contribution in [1.29, 1.82) is 0 Å². The zero-order valence-corrected chi connectivity index (χ0v) is 14.9. The third-order valence-electron chi connectivity index (χ3n) is 4.67. The van der Waals surface area contributed by atoms with E-state index >= 15 is 0 Å². The van der Waals surface area contributed by atoms with Crippen molar-refractivity contribution in [2.24, 2.45) is 0 Å². The lowest BCUT2D eigenvalue weighted by Gasteiger charge is -2.44. The molecule has 3 rings (SSSR count). The van der Waals surface area contributed by atoms with Crippen molar-refractivity contribution in [3.05, 3.63) is 59.3 Å². The first kappa shape index (κ1) is 17.9. The molecule has 0 atom stereocenters. The van der Waals surface area contributed by atoms with Gasteiger partial charge in [0, 0.05) is 30.9 Å². The van der Waals surface area contributed by atoms with Crippen LogP contribution in [0.15, 0.2) is 36.5 Å². The quantitative estimate of drug-likeness (QED) is 0.730. The lowest BCUT2D eigenvalue weighted by molar-refractivity contribution is 0.140. The van der Waals surface area contributed by atoms with Gasteiger partial charge in [-0.1, -0.05) is 11.8 Å². The molecule has 1 saturated heterocycles. The molecule has 2 aromatic rings. The second-order valence-corrected chi connectivity index (χ2v) is 6.83. The van der Waals surface area contributed by atoms with Gasteiger partial charge in [0.05, 0.1) is 5.56 Å². The van der Waals surface area contributed by atoms with E-state index < -0.39 is 11.6 Å². The second-order valence-electron chi connectivity index (χ2n) is 6.83. The molecule has 0 unspecified atom stereocenters. The Bertz CT molecular complexity index is 898. The molecular weight excluding hydrogens is 336 g/mol. The summed E-state index contributed by atoms with van der Waals surface area (Å²) >= 11 is 0. The first-order valence-electron chi connectivity index (χ1n) is 8.26. The lowest BCUT2D eigenvalue weighted by atomic mass is 9.96. The summed E-state index contributed by atoms with van der Waals surface area (Å²) in [5, 5.41) is 0. The summed E-state index contributed by atoms with van der Waals surface area (Å²) in [6.07, 6.45) is 2.35. The summed E-state index contributed by atoms with van der Waals surface area (Å²) in [5.74, 6) is 4.78. The van der Waals surface area contributed by atoms with Crippen LogP contribution in [-0.4, -0.2) is 35.0 Å². The van der Waals surface area contributed by atoms with E-state index in [1.165, 1.54) is 6.20 Å². The standard InChI is InChI=1S/C20H19F2N3O/c1-20(2)10-11-25(19(26)24(20)3)18-9-5-14(13-23-18)4-6-15-12-16(21)7-8-17(15)22/h5,7-9,12-13H,10-11H2,1-3H3. The van der Waals surface area contributed by atoms with Crippen LogP contribution in [0.4, 0.5) is 19.4 Å². The Labute approximate surface area is 151 Å². The van der Waals surface area contributed by atoms with E-state index in [-0.39, 0.29) is 17.1 Å². The van der Waals surface area contributed by atoms with Crippen molar-refractivity contribution in [1.82, 2.24) is 9.88 Å². The van der Waals surface area contributed by atoms with Crippen molar-refractivity contribution < 1.29 is 13.6 Å². The molecule has 1 aromatic carbocycles. The molecular formula is C20H19F2N3O. The molecule has 0 saturated carbocycles. The monoisotopic (exact) mass is 355 g/mol. The number of aromatic nitrogens is 1. The van der Waals surface area contributed by atoms with Gasteiger partial charge in [0.1, 0.15) is 17.5 Å². The molecule has 1 aliphatic heterocycles. The molecule has 26 heavy (non-hydrogen) atoms. The molecule has 1 aliphatic rings. The summed E-state index contributed by atoms with van der Waals surface area (Å²) in [5.41, 5.74) is 0.355. The van der Waals surface area contributed by atoms with E-state index in [2.05, 4.69) is 16.8 Å². The zero-order chi connectivity index (χ0) is 18.9. The van der Waals surface area contributed by atoms with E-state index in [1.807, 2.05) is 13.8 Å². The zero-order valence-electron chi connectivity index (χ0n) is 14.9. The number of urea groups is 1. The van der Waals surface area contributed by atoms with Crippen LogP contribution in [0.2, 0.25) is 0 Å². The van der Waals surface area contributed by atoms with Gasteiger partial charge < -0.3 is 4.90 Å². The summed E-state index contributed by atoms with van der Waals surface area (Å²) < 4.78 is 26.8. The minimum atomic E-state index is -0.576. The van der Waals surface area contributed by atoms with Gasteiger partial charge in [0.25, 0.3) is 0 Å². The van der Waals surface area contributed by atoms with Crippen LogP contribution < -0.4 is 4.90 Å². The summed E-state index contributed by atoms with van der Waals surface area (Å²) in [4.78, 5) is 20.1. The predicted molar refractivity (Wildman–Crippen MR) is 95.8 cm³/mol. The highest BCUT2D eigenvalue weighted by molar-refractivity contribution is 5.92. The average molecular weight is 355 g/mol. The molecule has 1 aromatic heterocycles. The van der Waals surface area contributed by atoms with Crippen molar-refractivity contribution in [2.45, 2.75) is 25.8 Å². The van der Waals surface area contributed by atoms with Crippen molar-refractivity contribution in [2.75, 3.05) is 18.5 Å². The predicted octanol–water partition coefficient (Wildman–Crippen LogP) is 3.80. The third kappa shape index (κ3) is 3.52. The van der Waals surface area contributed by atoms with Gasteiger partial charge in [-0.15, -0.1) is 0 Å². The fraction of sp³-hybridized carbons (Fsp3) is 0.300. The van der Waals surface area contributed by atoms with Crippen molar-refractivity contribution in [3.63, 3.8) is 0 Å². The van der Waals surface area contributed by atoms with Gasteiger partial charge >= 0.3 is 6.03 Å². The Balaban J connectivity index is 1.79. The lowest BCUT2D eigenvalue weighted by Crippen LogP contribution is -2.57. The van der Waals surface area contributed by atoms with Crippen LogP contribution in [0.3, 0.4) is 0 Å². The van der Waals surface area contributed by atoms with Crippen LogP contribution in [0.1, 0.15) is 31.4 Å². The molecule has 134 valence electrons. The second kappa shape index (κ2) is 6.75. The maximum Gasteiger partial charge on any atom is 0.325 e. The number of hydrogen-bond donors (Lipinski definition) is 0. The molecule has 0 aliphatic carbocycles. The Kier molecular flexibility index (Phi) is 4.64. The number of carbonyl (C=O) groups excluding carboxylic acids is 1. The van der Waals surface area contributed by atoms with Crippen LogP contribution >= 0.6 is 0 Å². The Hall–Kier alpha value is -2.94. The summed E-state index contributed by atoms with van der Waals surface area (Å²) in [6.45, 7) is 4.64. The van der Waals surface area contributed by atoms with Gasteiger partial charge in [-0.3, -0.25) is 4.90 Å². The number of benzene rings is 1. The van der Waals surface area contributed by atoms with E-state index in [9.17, 15) is 13.6 Å². The van der Waals surface area contributed by atoms with E-state index in [4.69, 9.17) is 0 Å². The minimum Gasteiger partial charge on any atom is -0.322 e. The van der Waals surface area contributed by atoms with Crippen LogP contribution in [0.5, 0.6) is 0 Å². The van der Waals surface area contributed by atoms with E-state index in [0.29, 0.717) is 17.9 Å². The Morgan fingerprint density at radius 2 is 1.92 bits per heavy atom. The highest BCUT2D eigenvalue weighted by atomic mass is 19.1. The molecule has 0 spiro atoms. The number of halogens is 2. The van der Waals surface area contributed by atoms with Crippen molar-refractivity contribution in [3.8, 4) is 11.8 Å². The number of rotatable bonds is 1. The third-order valence-corrected chi connectivity index (χ3v) is 4.67. The van der Waals surface area contributed by atoms with Crippen LogP contribution in [-0.2, 0) is 0 Å². The smallest absolute Gasteiger partial charge is 0.322 e. The number of anilines is 1. The first-order chi connectivity index (χ1) is 12.3. The number of nitrogens with zero attached hydrogens (tertiary/aromatic N) is 3. The average Bonchev–Trinajstić information content (AvgIpc) is 2.61. The summed E-state index contributed by atoms with van der Waals surface area (Å²) in [7, 11) is 1.78. The molecule has 4 nitrogen and oxygen atoms in total. The number of pyridine rings is 1. The fourth-order valence-electron chi connectivity index (χ4n) is 2.65. The Morgan fingerprint density at radius 3 is 2.62 bits per heavy atom. The topological polar surface area (TPSA) is 36.4 Å². The first-order valence-corrected chi connectivity index (χ1v) is 8.26. The molecule has 2 heterocycles. The van der Waals surface area contributed by atoms with Gasteiger partial charge in [-0.05, 0) is 50.6 Å². The largest absolute Gasteiger partial charge is 0.325 e. The minimum absolute atomic E-state index is 0.0101. The normalized spacial score (nSPS) is 16.3. The van der Waals surface area contributed by atoms with Gasteiger partial charge in [-0.2, -0.15) is 0 Å². The molecule has 6 heteroatoms. The number of hydrogen-bond acceptors (Lipinski definition) is 2. The fourth-order valence-corrected chi connectivity index (χ4v) is 2.65. The van der Waals surface area contributed by atoms with Crippen LogP contribution in [0, 0.1) is 23.5 Å². The van der Waals surface area contributed by atoms with Crippen LogP contribution in [0.25, 0.3) is 0 Å². The highest BCUT2D eigenvalue weighted by Gasteiger charge is 2.37. The molecule has 1 fully saturated rings. The maximum atomic E-state index is 13.6. The van der Waals surface area contributed by atoms with Crippen molar-refractivity contribution >= 4 is 11.8 Å². The van der Waals surface area contributed by atoms with Gasteiger partial charge in [0.15, 0.2) is 0 Å². The van der Waals surface area contributed by atoms with Gasteiger partial charge in [0.2, 0.25) is 0 Å². The molecule has 0 N–H and O–H groups in total. The molecule has 0 radical (unpaired) electrons. The maximum absolute atomic E-state index is 13.6. The highest BCUT2D eigenvalue weighted by Crippen LogP contribution is 2.27. The number of carbonyl (C=O) groups is 1. The SMILES string of the molecule is CN1C(=O)N(c2ccc(C#Cc3cc(F)ccc3F)cn2)CCC1(C)C. The van der Waals surface area contributed by atoms with Gasteiger partial charge in [-0.25, -0.2) is 18.6 Å². The van der Waals surface area contributed by atoms with E-state index in [1.54, 1.807) is 29.0 Å². The molecule has 2 amide bonds.